The van der Waals surface area contributed by atoms with Crippen molar-refractivity contribution in [1.29, 1.82) is 0 Å². The van der Waals surface area contributed by atoms with Crippen LogP contribution in [0.4, 0.5) is 5.69 Å². The summed E-state index contributed by atoms with van der Waals surface area (Å²) in [5, 5.41) is 10.4. The third-order valence-electron chi connectivity index (χ3n) is 5.46. The summed E-state index contributed by atoms with van der Waals surface area (Å²) in [5.74, 6) is 2.38. The lowest BCUT2D eigenvalue weighted by Gasteiger charge is -2.37. The number of hydrogen-bond acceptors (Lipinski definition) is 7. The van der Waals surface area contributed by atoms with Crippen LogP contribution in [0, 0.1) is 0 Å². The van der Waals surface area contributed by atoms with Gasteiger partial charge in [-0.3, -0.25) is 4.90 Å². The van der Waals surface area contributed by atoms with E-state index in [1.165, 1.54) is 5.69 Å². The van der Waals surface area contributed by atoms with Crippen molar-refractivity contribution in [3.05, 3.63) is 48.5 Å². The molecule has 32 heavy (non-hydrogen) atoms. The average molecular weight is 487 g/mol. The lowest BCUT2D eigenvalue weighted by molar-refractivity contribution is -0.0292. The molecule has 1 N–H and O–H groups in total. The molecule has 0 radical (unpaired) electrons. The van der Waals surface area contributed by atoms with Gasteiger partial charge in [0, 0.05) is 38.4 Å². The lowest BCUT2D eigenvalue weighted by Crippen LogP contribution is -2.49. The first-order valence-electron chi connectivity index (χ1n) is 10.5. The van der Waals surface area contributed by atoms with Crippen molar-refractivity contribution in [2.75, 3.05) is 64.6 Å². The molecule has 0 amide bonds. The molecule has 0 spiro atoms. The van der Waals surface area contributed by atoms with Crippen molar-refractivity contribution in [2.45, 2.75) is 12.2 Å². The van der Waals surface area contributed by atoms with Crippen molar-refractivity contribution < 1.29 is 24.1 Å². The zero-order valence-electron chi connectivity index (χ0n) is 18.2. The summed E-state index contributed by atoms with van der Waals surface area (Å²) in [6.45, 7) is 5.47. The number of methoxy groups -OCH3 is 1. The standard InChI is InChI=1S/C23H30N2O5.2ClH/c1-27-20-8-6-18(7-9-20)25-12-10-24(11-13-25)14-19(26)15-28-16-21-17-29-22-4-2-3-5-23(22)30-21;;/h2-9,19,21,26H,10-17H2,1H3;2*1H. The lowest BCUT2D eigenvalue weighted by atomic mass is 10.2. The first-order valence-corrected chi connectivity index (χ1v) is 10.5. The van der Waals surface area contributed by atoms with Crippen LogP contribution in [0.1, 0.15) is 0 Å². The van der Waals surface area contributed by atoms with E-state index in [4.69, 9.17) is 18.9 Å². The van der Waals surface area contributed by atoms with E-state index in [-0.39, 0.29) is 30.9 Å². The molecule has 2 aromatic rings. The Kier molecular flexibility index (Phi) is 10.7. The van der Waals surface area contributed by atoms with Crippen molar-refractivity contribution >= 4 is 30.5 Å². The molecule has 4 rings (SSSR count). The highest BCUT2D eigenvalue weighted by Crippen LogP contribution is 2.30. The maximum absolute atomic E-state index is 10.4. The fourth-order valence-corrected chi connectivity index (χ4v) is 3.81. The number of aliphatic hydroxyl groups is 1. The molecular weight excluding hydrogens is 455 g/mol. The monoisotopic (exact) mass is 486 g/mol. The molecule has 7 nitrogen and oxygen atoms in total. The van der Waals surface area contributed by atoms with Gasteiger partial charge in [-0.05, 0) is 36.4 Å². The van der Waals surface area contributed by atoms with Gasteiger partial charge in [0.25, 0.3) is 0 Å². The highest BCUT2D eigenvalue weighted by Gasteiger charge is 2.22. The molecule has 2 aliphatic rings. The maximum Gasteiger partial charge on any atom is 0.161 e. The van der Waals surface area contributed by atoms with E-state index in [2.05, 4.69) is 21.9 Å². The van der Waals surface area contributed by atoms with Crippen LogP contribution in [0.3, 0.4) is 0 Å². The van der Waals surface area contributed by atoms with E-state index in [0.29, 0.717) is 26.4 Å². The maximum atomic E-state index is 10.4. The number of para-hydroxylation sites is 2. The van der Waals surface area contributed by atoms with E-state index in [9.17, 15) is 5.11 Å². The van der Waals surface area contributed by atoms with E-state index < -0.39 is 6.10 Å². The number of fused-ring (bicyclic) bond motifs is 1. The number of halogens is 2. The minimum atomic E-state index is -0.519. The molecule has 0 aliphatic carbocycles. The molecule has 2 unspecified atom stereocenters. The van der Waals surface area contributed by atoms with E-state index in [0.717, 1.165) is 43.4 Å². The Morgan fingerprint density at radius 2 is 1.69 bits per heavy atom. The highest BCUT2D eigenvalue weighted by atomic mass is 35.5. The van der Waals surface area contributed by atoms with Gasteiger partial charge in [-0.2, -0.15) is 0 Å². The van der Waals surface area contributed by atoms with Crippen LogP contribution in [0.2, 0.25) is 0 Å². The quantitative estimate of drug-likeness (QED) is 0.615. The molecule has 2 atom stereocenters. The number of hydrogen-bond donors (Lipinski definition) is 1. The summed E-state index contributed by atoms with van der Waals surface area (Å²) in [6, 6.07) is 15.8. The van der Waals surface area contributed by atoms with Gasteiger partial charge < -0.3 is 29.0 Å². The predicted molar refractivity (Wildman–Crippen MR) is 129 cm³/mol. The Morgan fingerprint density at radius 1 is 1.00 bits per heavy atom. The number of rotatable bonds is 8. The van der Waals surface area contributed by atoms with Crippen LogP contribution in [0.5, 0.6) is 17.2 Å². The summed E-state index contributed by atoms with van der Waals surface area (Å²) in [6.07, 6.45) is -0.672. The van der Waals surface area contributed by atoms with Crippen LogP contribution in [-0.2, 0) is 4.74 Å². The second kappa shape index (κ2) is 13.0. The minimum absolute atomic E-state index is 0. The Hall–Kier alpha value is -1.90. The van der Waals surface area contributed by atoms with Gasteiger partial charge in [-0.25, -0.2) is 0 Å². The van der Waals surface area contributed by atoms with Crippen LogP contribution in [0.15, 0.2) is 48.5 Å². The van der Waals surface area contributed by atoms with E-state index >= 15 is 0 Å². The number of nitrogens with zero attached hydrogens (tertiary/aromatic N) is 2. The molecule has 1 fully saturated rings. The Labute approximate surface area is 202 Å². The SMILES string of the molecule is COc1ccc(N2CCN(CC(O)COCC3COc4ccccc4O3)CC2)cc1.Cl.Cl. The minimum Gasteiger partial charge on any atom is -0.497 e. The number of piperazine rings is 1. The third-order valence-corrected chi connectivity index (χ3v) is 5.46. The Balaban J connectivity index is 0.00000181. The van der Waals surface area contributed by atoms with Crippen molar-refractivity contribution in [3.8, 4) is 17.2 Å². The molecule has 2 aromatic carbocycles. The molecule has 2 aliphatic heterocycles. The second-order valence-electron chi connectivity index (χ2n) is 7.67. The fraction of sp³-hybridized carbons (Fsp3) is 0.478. The summed E-state index contributed by atoms with van der Waals surface area (Å²) in [5.41, 5.74) is 1.20. The second-order valence-corrected chi connectivity index (χ2v) is 7.67. The van der Waals surface area contributed by atoms with Crippen LogP contribution >= 0.6 is 24.8 Å². The number of benzene rings is 2. The Morgan fingerprint density at radius 3 is 2.38 bits per heavy atom. The van der Waals surface area contributed by atoms with Crippen LogP contribution in [-0.4, -0.2) is 81.9 Å². The zero-order valence-corrected chi connectivity index (χ0v) is 19.9. The summed E-state index contributed by atoms with van der Waals surface area (Å²) >= 11 is 0. The third kappa shape index (κ3) is 7.05. The molecule has 0 bridgehead atoms. The molecule has 0 aromatic heterocycles. The van der Waals surface area contributed by atoms with Gasteiger partial charge in [0.2, 0.25) is 0 Å². The van der Waals surface area contributed by atoms with E-state index in [1.807, 2.05) is 36.4 Å². The average Bonchev–Trinajstić information content (AvgIpc) is 2.79. The number of aliphatic hydroxyl groups excluding tert-OH is 1. The number of ether oxygens (including phenoxy) is 4. The van der Waals surface area contributed by atoms with Gasteiger partial charge in [0.1, 0.15) is 12.4 Å². The van der Waals surface area contributed by atoms with Gasteiger partial charge in [-0.15, -0.1) is 24.8 Å². The van der Waals surface area contributed by atoms with Crippen LogP contribution < -0.4 is 19.1 Å². The van der Waals surface area contributed by atoms with Crippen molar-refractivity contribution in [2.24, 2.45) is 0 Å². The number of β-amino-alcohol motifs (C(OH)–C–C–N with tert-alkyl or cyclic N) is 1. The van der Waals surface area contributed by atoms with Crippen molar-refractivity contribution in [3.63, 3.8) is 0 Å². The number of anilines is 1. The first kappa shape index (κ1) is 26.4. The fourth-order valence-electron chi connectivity index (χ4n) is 3.81. The van der Waals surface area contributed by atoms with E-state index in [1.54, 1.807) is 7.11 Å². The smallest absolute Gasteiger partial charge is 0.161 e. The molecule has 2 heterocycles. The normalized spacial score (nSPS) is 18.8. The summed E-state index contributed by atoms with van der Waals surface area (Å²) < 4.78 is 22.5. The topological polar surface area (TPSA) is 63.6 Å². The Bertz CT molecular complexity index is 803. The van der Waals surface area contributed by atoms with Gasteiger partial charge in [0.15, 0.2) is 17.6 Å². The largest absolute Gasteiger partial charge is 0.497 e. The molecule has 1 saturated heterocycles. The summed E-state index contributed by atoms with van der Waals surface area (Å²) in [4.78, 5) is 4.64. The van der Waals surface area contributed by atoms with Gasteiger partial charge in [0.05, 0.1) is 26.4 Å². The molecular formula is C23H32Cl2N2O5. The van der Waals surface area contributed by atoms with Gasteiger partial charge >= 0.3 is 0 Å². The highest BCUT2D eigenvalue weighted by molar-refractivity contribution is 5.85. The molecule has 9 heteroatoms. The zero-order chi connectivity index (χ0) is 20.8. The molecule has 0 saturated carbocycles. The van der Waals surface area contributed by atoms with Crippen molar-refractivity contribution in [1.82, 2.24) is 4.90 Å². The van der Waals surface area contributed by atoms with Gasteiger partial charge in [-0.1, -0.05) is 12.1 Å². The molecule has 178 valence electrons. The van der Waals surface area contributed by atoms with Crippen LogP contribution in [0.25, 0.3) is 0 Å². The predicted octanol–water partition coefficient (Wildman–Crippen LogP) is 2.88. The summed E-state index contributed by atoms with van der Waals surface area (Å²) in [7, 11) is 1.68. The first-order chi connectivity index (χ1) is 14.7.